The van der Waals surface area contributed by atoms with Crippen LogP contribution in [0.4, 0.5) is 4.39 Å². The number of methoxy groups -OCH3 is 1. The van der Waals surface area contributed by atoms with E-state index in [0.29, 0.717) is 122 Å². The van der Waals surface area contributed by atoms with Crippen molar-refractivity contribution in [1.29, 1.82) is 0 Å². The molecular formula is C61H71Cl2FN4O12SSi. The second kappa shape index (κ2) is 29.8. The Hall–Kier alpha value is -6.26. The number of halogens is 3. The van der Waals surface area contributed by atoms with Crippen LogP contribution in [0.25, 0.3) is 43.2 Å². The third-order valence-electron chi connectivity index (χ3n) is 13.6. The lowest BCUT2D eigenvalue weighted by atomic mass is 9.92. The van der Waals surface area contributed by atoms with Crippen LogP contribution in [-0.4, -0.2) is 125 Å². The van der Waals surface area contributed by atoms with E-state index >= 15 is 0 Å². The van der Waals surface area contributed by atoms with Gasteiger partial charge in [-0.25, -0.2) is 29.1 Å². The number of para-hydroxylation sites is 1. The maximum Gasteiger partial charge on any atom is 0.347 e. The number of nitrogens with zero attached hydrogens (tertiary/aromatic N) is 4. The number of thiophene rings is 1. The summed E-state index contributed by atoms with van der Waals surface area (Å²) >= 11 is 15.7. The maximum absolute atomic E-state index is 14.6. The zero-order valence-electron chi connectivity index (χ0n) is 47.8. The van der Waals surface area contributed by atoms with Crippen LogP contribution in [-0.2, 0) is 41.5 Å². The molecule has 0 aliphatic carbocycles. The molecule has 4 aromatic carbocycles. The maximum atomic E-state index is 14.6. The van der Waals surface area contributed by atoms with Gasteiger partial charge in [0.1, 0.15) is 53.5 Å². The fourth-order valence-electron chi connectivity index (χ4n) is 8.35. The van der Waals surface area contributed by atoms with Crippen molar-refractivity contribution < 1.29 is 61.3 Å². The number of aliphatic hydroxyl groups excluding tert-OH is 1. The number of rotatable bonds is 31. The van der Waals surface area contributed by atoms with Gasteiger partial charge in [0.25, 0.3) is 0 Å². The number of hydrogen-bond acceptors (Lipinski definition) is 17. The van der Waals surface area contributed by atoms with E-state index in [1.54, 1.807) is 44.5 Å². The van der Waals surface area contributed by atoms with Gasteiger partial charge in [0.15, 0.2) is 11.6 Å². The predicted molar refractivity (Wildman–Crippen MR) is 320 cm³/mol. The minimum absolute atomic E-state index is 0.0214. The molecule has 16 nitrogen and oxygen atoms in total. The number of ether oxygens (including phenoxy) is 9. The quantitative estimate of drug-likeness (QED) is 0.0187. The van der Waals surface area contributed by atoms with Crippen LogP contribution in [0.5, 0.6) is 28.9 Å². The Labute approximate surface area is 493 Å². The van der Waals surface area contributed by atoms with Gasteiger partial charge in [-0.15, -0.1) is 17.9 Å². The fraction of sp³-hybridized carbons (Fsp3) is 0.393. The highest BCUT2D eigenvalue weighted by Gasteiger charge is 2.39. The largest absolute Gasteiger partial charge is 0.543 e. The first-order chi connectivity index (χ1) is 39.4. The Balaban J connectivity index is 1.25. The van der Waals surface area contributed by atoms with Crippen molar-refractivity contribution in [3.05, 3.63) is 136 Å². The second-order valence-electron chi connectivity index (χ2n) is 20.4. The summed E-state index contributed by atoms with van der Waals surface area (Å²) in [4.78, 5) is 34.4. The fourth-order valence-corrected chi connectivity index (χ4v) is 11.0. The van der Waals surface area contributed by atoms with Crippen LogP contribution < -0.4 is 23.4 Å². The van der Waals surface area contributed by atoms with Crippen LogP contribution in [0.2, 0.25) is 28.2 Å². The number of carbonyl (C=O) groups excluding carboxylic acids is 1. The van der Waals surface area contributed by atoms with Gasteiger partial charge in [0, 0.05) is 35.7 Å². The molecule has 0 bridgehead atoms. The number of benzene rings is 4. The zero-order chi connectivity index (χ0) is 59.0. The van der Waals surface area contributed by atoms with E-state index in [2.05, 4.69) is 45.4 Å². The summed E-state index contributed by atoms with van der Waals surface area (Å²) in [6.45, 7) is 22.4. The first kappa shape index (κ1) is 63.3. The van der Waals surface area contributed by atoms with Gasteiger partial charge in [-0.1, -0.05) is 74.3 Å². The molecule has 0 radical (unpaired) electrons. The van der Waals surface area contributed by atoms with E-state index < -0.39 is 32.3 Å². The number of carbonyl (C=O) groups is 1. The molecule has 0 aliphatic heterocycles. The summed E-state index contributed by atoms with van der Waals surface area (Å²) in [6, 6.07) is 20.9. The topological polar surface area (TPSA) is 181 Å². The number of hydrogen-bond donors (Lipinski definition) is 1. The van der Waals surface area contributed by atoms with E-state index in [1.807, 2.05) is 56.3 Å². The highest BCUT2D eigenvalue weighted by Crippen LogP contribution is 2.53. The van der Waals surface area contributed by atoms with Crippen molar-refractivity contribution in [2.24, 2.45) is 0 Å². The molecule has 3 heterocycles. The molecule has 7 rings (SSSR count). The molecule has 7 aromatic rings. The molecule has 0 saturated heterocycles. The van der Waals surface area contributed by atoms with Gasteiger partial charge in [0.2, 0.25) is 20.3 Å². The van der Waals surface area contributed by atoms with Crippen LogP contribution in [0.1, 0.15) is 50.1 Å². The number of fused-ring (bicyclic) bond motifs is 1. The highest BCUT2D eigenvalue weighted by atomic mass is 35.5. The lowest BCUT2D eigenvalue weighted by molar-refractivity contribution is -0.151. The van der Waals surface area contributed by atoms with Gasteiger partial charge in [-0.2, -0.15) is 0 Å². The van der Waals surface area contributed by atoms with Gasteiger partial charge in [0.05, 0.1) is 86.2 Å². The molecular weight excluding hydrogens is 1130 g/mol. The minimum Gasteiger partial charge on any atom is -0.543 e. The van der Waals surface area contributed by atoms with E-state index in [-0.39, 0.29) is 66.2 Å². The average molecular weight is 1200 g/mol. The Morgan fingerprint density at radius 1 is 0.854 bits per heavy atom. The van der Waals surface area contributed by atoms with Gasteiger partial charge in [-0.3, -0.25) is 0 Å². The Kier molecular flexibility index (Phi) is 23.0. The monoisotopic (exact) mass is 1200 g/mol. The van der Waals surface area contributed by atoms with E-state index in [4.69, 9.17) is 85.2 Å². The molecule has 82 heavy (non-hydrogen) atoms. The lowest BCUT2D eigenvalue weighted by Gasteiger charge is -2.36. The Bertz CT molecular complexity index is 3240. The van der Waals surface area contributed by atoms with Crippen LogP contribution in [0.3, 0.4) is 0 Å². The zero-order valence-corrected chi connectivity index (χ0v) is 51.1. The van der Waals surface area contributed by atoms with E-state index in [1.165, 1.54) is 29.8 Å². The molecule has 21 heteroatoms. The van der Waals surface area contributed by atoms with Crippen LogP contribution in [0.15, 0.2) is 98.0 Å². The highest BCUT2D eigenvalue weighted by molar-refractivity contribution is 7.22. The lowest BCUT2D eigenvalue weighted by Crippen LogP contribution is -2.43. The van der Waals surface area contributed by atoms with E-state index in [0.717, 1.165) is 0 Å². The smallest absolute Gasteiger partial charge is 0.347 e. The van der Waals surface area contributed by atoms with Crippen molar-refractivity contribution in [3.63, 3.8) is 0 Å². The van der Waals surface area contributed by atoms with Gasteiger partial charge >= 0.3 is 5.97 Å². The summed E-state index contributed by atoms with van der Waals surface area (Å²) in [5.74, 6) is 1.17. The molecule has 0 amide bonds. The number of esters is 1. The van der Waals surface area contributed by atoms with Crippen molar-refractivity contribution in [1.82, 2.24) is 19.9 Å². The normalized spacial score (nSPS) is 12.5. The molecule has 3 aromatic heterocycles. The minimum atomic E-state index is -2.38. The van der Waals surface area contributed by atoms with Crippen molar-refractivity contribution >= 4 is 59.0 Å². The van der Waals surface area contributed by atoms with Gasteiger partial charge in [-0.05, 0) is 110 Å². The predicted octanol–water partition coefficient (Wildman–Crippen LogP) is 13.1. The van der Waals surface area contributed by atoms with Crippen molar-refractivity contribution in [3.8, 4) is 61.8 Å². The van der Waals surface area contributed by atoms with Crippen LogP contribution >= 0.6 is 34.5 Å². The van der Waals surface area contributed by atoms with Crippen molar-refractivity contribution in [2.45, 2.75) is 84.9 Å². The Morgan fingerprint density at radius 2 is 1.56 bits per heavy atom. The second-order valence-corrected chi connectivity index (χ2v) is 26.9. The standard InChI is InChI=1S/C61H71Cl2FN4O12SSi/c1-11-25-74-36-45(34-69)78-55-53(62)38(3)50(39(4)54(55)63)51-52-58(66-37-67-59(52)81-56(51)40-17-19-42(64)20-18-40)79-49(60(70)75-12-2)33-41-32-44(80-82(9,10)61(5,6)7)21-22-47(41)77-35-43-23-24-65-57(68-43)46-15-13-14-16-48(46)76-31-30-73-29-28-72-27-26-71-8/h11,13-24,32,37,45,49,69H,1,12,25-31,33-36H2,2-10H3/t45-,49?/m0/s1. The first-order valence-electron chi connectivity index (χ1n) is 26.8. The summed E-state index contributed by atoms with van der Waals surface area (Å²) in [7, 11) is -0.756. The van der Waals surface area contributed by atoms with Gasteiger partial charge < -0.3 is 52.2 Å². The molecule has 0 saturated carbocycles. The van der Waals surface area contributed by atoms with Crippen LogP contribution in [0, 0.1) is 19.7 Å². The molecule has 438 valence electrons. The average Bonchev–Trinajstić information content (AvgIpc) is 3.89. The molecule has 0 aliphatic rings. The Morgan fingerprint density at radius 3 is 2.24 bits per heavy atom. The first-order valence-corrected chi connectivity index (χ1v) is 31.3. The third-order valence-corrected chi connectivity index (χ3v) is 20.0. The summed E-state index contributed by atoms with van der Waals surface area (Å²) in [5, 5.41) is 10.9. The number of aromatic nitrogens is 4. The SMILES string of the molecule is C=CCOC[C@H](CO)Oc1c(Cl)c(C)c(-c2c(-c3ccc(F)cc3)sc3ncnc(OC(Cc4cc(O[Si](C)(C)C(C)(C)C)ccc4OCc4ccnc(-c5ccccc5OCCOCCOCCOC)n4)C(=O)OCC)c23)c(C)c1Cl. The summed E-state index contributed by atoms with van der Waals surface area (Å²) in [5.41, 5.74) is 4.78. The molecule has 1 N–H and O–H groups in total. The molecule has 0 spiro atoms. The third kappa shape index (κ3) is 16.1. The molecule has 1 unspecified atom stereocenters. The van der Waals surface area contributed by atoms with Crippen molar-refractivity contribution in [2.75, 3.05) is 73.2 Å². The number of aliphatic hydroxyl groups is 1. The summed E-state index contributed by atoms with van der Waals surface area (Å²) < 4.78 is 74.7. The van der Waals surface area contributed by atoms with E-state index in [9.17, 15) is 14.3 Å². The summed E-state index contributed by atoms with van der Waals surface area (Å²) in [6.07, 6.45) is 2.44. The molecule has 2 atom stereocenters. The molecule has 0 fully saturated rings.